The topological polar surface area (TPSA) is 45.7 Å². The lowest BCUT2D eigenvalue weighted by molar-refractivity contribution is 0.181. The summed E-state index contributed by atoms with van der Waals surface area (Å²) in [5.74, 6) is 0.847. The number of aliphatic imine (C=N–C) groups is 1. The maximum Gasteiger partial charge on any atom is 0.191 e. The number of aryl methyl sites for hydroxylation is 1. The van der Waals surface area contributed by atoms with Crippen molar-refractivity contribution in [1.29, 1.82) is 0 Å². The third-order valence-electron chi connectivity index (χ3n) is 4.32. The summed E-state index contributed by atoms with van der Waals surface area (Å²) < 4.78 is 18.7. The highest BCUT2D eigenvalue weighted by Gasteiger charge is 2.08. The van der Waals surface area contributed by atoms with Crippen molar-refractivity contribution in [2.75, 3.05) is 20.7 Å². The van der Waals surface area contributed by atoms with Crippen molar-refractivity contribution in [3.63, 3.8) is 0 Å². The predicted octanol–water partition coefficient (Wildman–Crippen LogP) is 3.75. The molecule has 2 aromatic rings. The number of nitrogens with zero attached hydrogens (tertiary/aromatic N) is 1. The zero-order valence-corrected chi connectivity index (χ0v) is 16.0. The molecule has 5 heteroatoms. The number of hydrogen-bond acceptors (Lipinski definition) is 2. The maximum atomic E-state index is 13.7. The Morgan fingerprint density at radius 2 is 1.88 bits per heavy atom. The molecule has 2 rings (SSSR count). The van der Waals surface area contributed by atoms with Crippen LogP contribution >= 0.6 is 0 Å². The first-order chi connectivity index (χ1) is 12.5. The van der Waals surface area contributed by atoms with Crippen LogP contribution in [0.4, 0.5) is 4.39 Å². The molecule has 0 aromatic heterocycles. The molecular formula is C21H28FN3O. The van der Waals surface area contributed by atoms with E-state index in [1.54, 1.807) is 20.2 Å². The fourth-order valence-corrected chi connectivity index (χ4v) is 2.67. The van der Waals surface area contributed by atoms with E-state index < -0.39 is 0 Å². The van der Waals surface area contributed by atoms with Gasteiger partial charge in [-0.3, -0.25) is 4.99 Å². The summed E-state index contributed by atoms with van der Waals surface area (Å²) >= 11 is 0. The molecule has 1 atom stereocenters. The largest absolute Gasteiger partial charge is 0.380 e. The fraction of sp³-hybridized carbons (Fsp3) is 0.381. The Morgan fingerprint density at radius 1 is 1.15 bits per heavy atom. The van der Waals surface area contributed by atoms with Gasteiger partial charge in [-0.05, 0) is 36.1 Å². The molecule has 0 heterocycles. The highest BCUT2D eigenvalue weighted by Crippen LogP contribution is 2.15. The Balaban J connectivity index is 1.87. The molecule has 0 bridgehead atoms. The molecule has 0 saturated carbocycles. The van der Waals surface area contributed by atoms with Crippen LogP contribution in [-0.2, 0) is 17.9 Å². The summed E-state index contributed by atoms with van der Waals surface area (Å²) in [5, 5.41) is 6.61. The Kier molecular flexibility index (Phi) is 7.60. The number of rotatable bonds is 7. The zero-order chi connectivity index (χ0) is 18.9. The average molecular weight is 357 g/mol. The molecule has 0 saturated heterocycles. The van der Waals surface area contributed by atoms with Crippen molar-refractivity contribution in [2.45, 2.75) is 32.9 Å². The molecule has 2 aromatic carbocycles. The maximum absolute atomic E-state index is 13.7. The molecule has 0 aliphatic heterocycles. The smallest absolute Gasteiger partial charge is 0.191 e. The van der Waals surface area contributed by atoms with Crippen molar-refractivity contribution in [1.82, 2.24) is 10.6 Å². The lowest BCUT2D eigenvalue weighted by Gasteiger charge is -2.17. The highest BCUT2D eigenvalue weighted by molar-refractivity contribution is 5.79. The van der Waals surface area contributed by atoms with Gasteiger partial charge in [-0.15, -0.1) is 0 Å². The van der Waals surface area contributed by atoms with E-state index in [0.29, 0.717) is 18.0 Å². The van der Waals surface area contributed by atoms with Gasteiger partial charge in [0.1, 0.15) is 5.82 Å². The monoisotopic (exact) mass is 357 g/mol. The number of ether oxygens (including phenoxy) is 1. The van der Waals surface area contributed by atoms with Crippen molar-refractivity contribution in [2.24, 2.45) is 4.99 Å². The van der Waals surface area contributed by atoms with E-state index >= 15 is 0 Å². The van der Waals surface area contributed by atoms with Crippen LogP contribution < -0.4 is 10.6 Å². The van der Waals surface area contributed by atoms with E-state index in [9.17, 15) is 4.39 Å². The molecule has 0 amide bonds. The summed E-state index contributed by atoms with van der Waals surface area (Å²) in [5.41, 5.74) is 4.09. The second-order valence-electron chi connectivity index (χ2n) is 6.48. The van der Waals surface area contributed by atoms with Gasteiger partial charge in [-0.1, -0.05) is 42.8 Å². The third kappa shape index (κ3) is 5.85. The fourth-order valence-electron chi connectivity index (χ4n) is 2.67. The summed E-state index contributed by atoms with van der Waals surface area (Å²) in [6.07, 6.45) is 0. The number of benzene rings is 2. The average Bonchev–Trinajstić information content (AvgIpc) is 2.65. The summed E-state index contributed by atoms with van der Waals surface area (Å²) in [6.45, 7) is 5.88. The molecule has 140 valence electrons. The number of guanidine groups is 1. The van der Waals surface area contributed by atoms with Gasteiger partial charge < -0.3 is 15.4 Å². The second kappa shape index (κ2) is 9.92. The van der Waals surface area contributed by atoms with Crippen molar-refractivity contribution in [3.05, 3.63) is 70.5 Å². The van der Waals surface area contributed by atoms with Crippen LogP contribution in [0.5, 0.6) is 0 Å². The minimum atomic E-state index is -0.245. The minimum absolute atomic E-state index is 0.245. The molecule has 1 unspecified atom stereocenters. The molecule has 0 aliphatic carbocycles. The van der Waals surface area contributed by atoms with Gasteiger partial charge in [0.15, 0.2) is 5.96 Å². The molecule has 0 spiro atoms. The molecule has 0 radical (unpaired) electrons. The number of halogens is 1. The number of nitrogens with one attached hydrogen (secondary N) is 2. The normalized spacial score (nSPS) is 12.7. The van der Waals surface area contributed by atoms with Crippen LogP contribution in [0.2, 0.25) is 0 Å². The molecule has 4 nitrogen and oxygen atoms in total. The molecular weight excluding hydrogens is 329 g/mol. The Hall–Kier alpha value is -2.40. The Bertz CT molecular complexity index is 729. The SMILES string of the molecule is CN=C(NCc1ccc(F)c(COC)c1)NCC(C)c1ccc(C)cc1. The molecule has 0 fully saturated rings. The molecule has 2 N–H and O–H groups in total. The van der Waals surface area contributed by atoms with Gasteiger partial charge in [-0.2, -0.15) is 0 Å². The zero-order valence-electron chi connectivity index (χ0n) is 16.0. The lowest BCUT2D eigenvalue weighted by Crippen LogP contribution is -2.38. The van der Waals surface area contributed by atoms with Crippen molar-refractivity contribution < 1.29 is 9.13 Å². The van der Waals surface area contributed by atoms with Gasteiger partial charge >= 0.3 is 0 Å². The lowest BCUT2D eigenvalue weighted by atomic mass is 10.0. The van der Waals surface area contributed by atoms with Crippen LogP contribution in [0.15, 0.2) is 47.5 Å². The minimum Gasteiger partial charge on any atom is -0.380 e. The van der Waals surface area contributed by atoms with Gasteiger partial charge in [0, 0.05) is 32.8 Å². The summed E-state index contributed by atoms with van der Waals surface area (Å²) in [6, 6.07) is 13.6. The van der Waals surface area contributed by atoms with Crippen LogP contribution in [0.3, 0.4) is 0 Å². The predicted molar refractivity (Wildman–Crippen MR) is 105 cm³/mol. The number of methoxy groups -OCH3 is 1. The first-order valence-corrected chi connectivity index (χ1v) is 8.80. The summed E-state index contributed by atoms with van der Waals surface area (Å²) in [4.78, 5) is 4.25. The van der Waals surface area contributed by atoms with Gasteiger partial charge in [0.2, 0.25) is 0 Å². The molecule has 0 aliphatic rings. The summed E-state index contributed by atoms with van der Waals surface area (Å²) in [7, 11) is 3.30. The number of hydrogen-bond donors (Lipinski definition) is 2. The van der Waals surface area contributed by atoms with E-state index in [4.69, 9.17) is 4.74 Å². The van der Waals surface area contributed by atoms with E-state index in [0.717, 1.165) is 18.1 Å². The van der Waals surface area contributed by atoms with E-state index in [-0.39, 0.29) is 12.4 Å². The third-order valence-corrected chi connectivity index (χ3v) is 4.32. The first kappa shape index (κ1) is 19.9. The van der Waals surface area contributed by atoms with E-state index in [1.807, 2.05) is 6.07 Å². The van der Waals surface area contributed by atoms with Crippen LogP contribution in [-0.4, -0.2) is 26.7 Å². The second-order valence-corrected chi connectivity index (χ2v) is 6.48. The van der Waals surface area contributed by atoms with Gasteiger partial charge in [-0.25, -0.2) is 4.39 Å². The van der Waals surface area contributed by atoms with Crippen LogP contribution in [0, 0.1) is 12.7 Å². The standard InChI is InChI=1S/C21H28FN3O/c1-15-5-8-18(9-6-15)16(2)12-24-21(23-3)25-13-17-7-10-20(22)19(11-17)14-26-4/h5-11,16H,12-14H2,1-4H3,(H2,23,24,25). The van der Waals surface area contributed by atoms with Gasteiger partial charge in [0.05, 0.1) is 6.61 Å². The first-order valence-electron chi connectivity index (χ1n) is 8.80. The van der Waals surface area contributed by atoms with E-state index in [2.05, 4.69) is 53.7 Å². The molecule has 26 heavy (non-hydrogen) atoms. The van der Waals surface area contributed by atoms with Gasteiger partial charge in [0.25, 0.3) is 0 Å². The Labute approximate surface area is 155 Å². The highest BCUT2D eigenvalue weighted by atomic mass is 19.1. The van der Waals surface area contributed by atoms with Crippen LogP contribution in [0.25, 0.3) is 0 Å². The van der Waals surface area contributed by atoms with Crippen LogP contribution in [0.1, 0.15) is 35.1 Å². The quantitative estimate of drug-likeness (QED) is 0.586. The van der Waals surface area contributed by atoms with Crippen molar-refractivity contribution >= 4 is 5.96 Å². The Morgan fingerprint density at radius 3 is 2.54 bits per heavy atom. The van der Waals surface area contributed by atoms with E-state index in [1.165, 1.54) is 17.2 Å². The van der Waals surface area contributed by atoms with Crippen molar-refractivity contribution in [3.8, 4) is 0 Å².